The second-order valence-electron chi connectivity index (χ2n) is 3.98. The molecule has 0 fully saturated rings. The largest absolute Gasteiger partial charge is 0.490 e. The van der Waals surface area contributed by atoms with Gasteiger partial charge >= 0.3 is 0 Å². The molecule has 0 saturated heterocycles. The third-order valence-corrected chi connectivity index (χ3v) is 3.67. The van der Waals surface area contributed by atoms with Crippen LogP contribution in [0.25, 0.3) is 0 Å². The summed E-state index contributed by atoms with van der Waals surface area (Å²) in [6.07, 6.45) is 0. The molecule has 0 aliphatic rings. The predicted octanol–water partition coefficient (Wildman–Crippen LogP) is 5.39. The second-order valence-corrected chi connectivity index (χ2v) is 5.68. The van der Waals surface area contributed by atoms with Crippen molar-refractivity contribution in [2.75, 3.05) is 18.5 Å². The van der Waals surface area contributed by atoms with Gasteiger partial charge in [0.15, 0.2) is 0 Å². The van der Waals surface area contributed by atoms with Crippen LogP contribution < -0.4 is 10.1 Å². The van der Waals surface area contributed by atoms with Crippen LogP contribution in [0.2, 0.25) is 10.0 Å². The van der Waals surface area contributed by atoms with Gasteiger partial charge in [-0.05, 0) is 46.3 Å². The summed E-state index contributed by atoms with van der Waals surface area (Å²) in [7, 11) is 0. The fourth-order valence-electron chi connectivity index (χ4n) is 1.54. The molecule has 106 valence electrons. The van der Waals surface area contributed by atoms with Gasteiger partial charge in [-0.1, -0.05) is 23.2 Å². The van der Waals surface area contributed by atoms with Crippen molar-refractivity contribution >= 4 is 44.8 Å². The number of anilines is 1. The van der Waals surface area contributed by atoms with Crippen molar-refractivity contribution < 1.29 is 9.13 Å². The van der Waals surface area contributed by atoms with Crippen LogP contribution in [0.5, 0.6) is 5.75 Å². The Hall–Kier alpha value is -0.970. The van der Waals surface area contributed by atoms with Crippen LogP contribution in [0.1, 0.15) is 0 Å². The summed E-state index contributed by atoms with van der Waals surface area (Å²) in [4.78, 5) is 0. The summed E-state index contributed by atoms with van der Waals surface area (Å²) < 4.78 is 19.4. The van der Waals surface area contributed by atoms with Gasteiger partial charge < -0.3 is 10.1 Å². The Bertz CT molecular complexity index is 592. The van der Waals surface area contributed by atoms with Crippen molar-refractivity contribution in [1.29, 1.82) is 0 Å². The Labute approximate surface area is 135 Å². The number of rotatable bonds is 5. The van der Waals surface area contributed by atoms with Gasteiger partial charge in [0.25, 0.3) is 0 Å². The lowest BCUT2D eigenvalue weighted by molar-refractivity contribution is 0.329. The fraction of sp³-hybridized carbons (Fsp3) is 0.143. The average molecular weight is 379 g/mol. The van der Waals surface area contributed by atoms with E-state index in [9.17, 15) is 4.39 Å². The summed E-state index contributed by atoms with van der Waals surface area (Å²) in [5.41, 5.74) is 0.944. The van der Waals surface area contributed by atoms with E-state index >= 15 is 0 Å². The molecule has 0 saturated carbocycles. The van der Waals surface area contributed by atoms with Crippen molar-refractivity contribution in [3.05, 3.63) is 56.7 Å². The normalized spacial score (nSPS) is 10.4. The molecule has 0 bridgehead atoms. The van der Waals surface area contributed by atoms with Gasteiger partial charge in [-0.15, -0.1) is 0 Å². The Kier molecular flexibility index (Phi) is 5.52. The molecule has 0 aliphatic heterocycles. The van der Waals surface area contributed by atoms with Crippen molar-refractivity contribution in [3.63, 3.8) is 0 Å². The highest BCUT2D eigenvalue weighted by molar-refractivity contribution is 9.10. The standard InChI is InChI=1S/C14H11BrCl2FNO/c15-11-7-12(17)13(18)8-14(11)20-6-5-19-10-3-1-9(16)2-4-10/h1-4,7-8,19H,5-6H2. The molecule has 0 amide bonds. The first-order valence-corrected chi connectivity index (χ1v) is 7.38. The van der Waals surface area contributed by atoms with Gasteiger partial charge in [0, 0.05) is 23.3 Å². The van der Waals surface area contributed by atoms with Crippen molar-refractivity contribution in [2.24, 2.45) is 0 Å². The third-order valence-electron chi connectivity index (χ3n) is 2.51. The van der Waals surface area contributed by atoms with E-state index in [1.165, 1.54) is 12.1 Å². The highest BCUT2D eigenvalue weighted by atomic mass is 79.9. The van der Waals surface area contributed by atoms with Crippen LogP contribution in [0.3, 0.4) is 0 Å². The molecule has 0 radical (unpaired) electrons. The molecule has 0 aromatic heterocycles. The highest BCUT2D eigenvalue weighted by Gasteiger charge is 2.07. The molecule has 0 heterocycles. The van der Waals surface area contributed by atoms with Crippen LogP contribution >= 0.6 is 39.1 Å². The minimum atomic E-state index is -0.504. The molecular formula is C14H11BrCl2FNO. The van der Waals surface area contributed by atoms with E-state index in [0.717, 1.165) is 5.69 Å². The molecule has 0 aliphatic carbocycles. The Morgan fingerprint density at radius 3 is 2.55 bits per heavy atom. The molecule has 0 unspecified atom stereocenters. The van der Waals surface area contributed by atoms with E-state index in [-0.39, 0.29) is 5.02 Å². The average Bonchev–Trinajstić information content (AvgIpc) is 2.42. The first kappa shape index (κ1) is 15.4. The van der Waals surface area contributed by atoms with E-state index in [2.05, 4.69) is 21.2 Å². The summed E-state index contributed by atoms with van der Waals surface area (Å²) in [5.74, 6) is -0.0830. The first-order valence-electron chi connectivity index (χ1n) is 5.83. The van der Waals surface area contributed by atoms with Crippen LogP contribution in [-0.4, -0.2) is 13.2 Å². The van der Waals surface area contributed by atoms with Gasteiger partial charge in [0.05, 0.1) is 9.50 Å². The van der Waals surface area contributed by atoms with Crippen LogP contribution in [0, 0.1) is 5.82 Å². The van der Waals surface area contributed by atoms with E-state index in [1.54, 1.807) is 12.1 Å². The smallest absolute Gasteiger partial charge is 0.145 e. The van der Waals surface area contributed by atoms with Gasteiger partial charge in [-0.3, -0.25) is 0 Å². The zero-order chi connectivity index (χ0) is 14.5. The van der Waals surface area contributed by atoms with Crippen molar-refractivity contribution in [3.8, 4) is 5.75 Å². The van der Waals surface area contributed by atoms with Crippen molar-refractivity contribution in [1.82, 2.24) is 0 Å². The minimum absolute atomic E-state index is 0.0588. The summed E-state index contributed by atoms with van der Waals surface area (Å²) >= 11 is 14.7. The maximum absolute atomic E-state index is 13.3. The number of nitrogens with one attached hydrogen (secondary N) is 1. The van der Waals surface area contributed by atoms with Gasteiger partial charge in [-0.2, -0.15) is 0 Å². The molecule has 2 rings (SSSR count). The van der Waals surface area contributed by atoms with E-state index in [4.69, 9.17) is 27.9 Å². The predicted molar refractivity (Wildman–Crippen MR) is 84.5 cm³/mol. The maximum atomic E-state index is 13.3. The maximum Gasteiger partial charge on any atom is 0.145 e. The number of benzene rings is 2. The minimum Gasteiger partial charge on any atom is -0.490 e. The molecule has 2 aromatic rings. The summed E-state index contributed by atoms with van der Waals surface area (Å²) in [6.45, 7) is 0.973. The first-order chi connectivity index (χ1) is 9.56. The number of hydrogen-bond donors (Lipinski definition) is 1. The highest BCUT2D eigenvalue weighted by Crippen LogP contribution is 2.30. The topological polar surface area (TPSA) is 21.3 Å². The third kappa shape index (κ3) is 4.27. The van der Waals surface area contributed by atoms with Gasteiger partial charge in [0.2, 0.25) is 0 Å². The number of ether oxygens (including phenoxy) is 1. The molecule has 2 aromatic carbocycles. The van der Waals surface area contributed by atoms with E-state index in [0.29, 0.717) is 28.4 Å². The van der Waals surface area contributed by atoms with Crippen LogP contribution in [-0.2, 0) is 0 Å². The lowest BCUT2D eigenvalue weighted by atomic mass is 10.3. The Morgan fingerprint density at radius 1 is 1.15 bits per heavy atom. The second kappa shape index (κ2) is 7.16. The lowest BCUT2D eigenvalue weighted by Crippen LogP contribution is -2.11. The van der Waals surface area contributed by atoms with E-state index in [1.807, 2.05) is 12.1 Å². The SMILES string of the molecule is Fc1cc(OCCNc2ccc(Cl)cc2)c(Br)cc1Cl. The quantitative estimate of drug-likeness (QED) is 0.556. The van der Waals surface area contributed by atoms with Crippen LogP contribution in [0.15, 0.2) is 40.9 Å². The van der Waals surface area contributed by atoms with Crippen LogP contribution in [0.4, 0.5) is 10.1 Å². The zero-order valence-electron chi connectivity index (χ0n) is 10.3. The lowest BCUT2D eigenvalue weighted by Gasteiger charge is -2.10. The molecule has 0 spiro atoms. The van der Waals surface area contributed by atoms with Crippen molar-refractivity contribution in [2.45, 2.75) is 0 Å². The molecular weight excluding hydrogens is 368 g/mol. The monoisotopic (exact) mass is 377 g/mol. The summed E-state index contributed by atoms with van der Waals surface area (Å²) in [6, 6.07) is 10.1. The van der Waals surface area contributed by atoms with Gasteiger partial charge in [-0.25, -0.2) is 4.39 Å². The molecule has 6 heteroatoms. The Balaban J connectivity index is 1.84. The molecule has 20 heavy (non-hydrogen) atoms. The molecule has 0 atom stereocenters. The number of hydrogen-bond acceptors (Lipinski definition) is 2. The summed E-state index contributed by atoms with van der Waals surface area (Å²) in [5, 5.41) is 3.91. The fourth-order valence-corrected chi connectivity index (χ4v) is 2.42. The van der Waals surface area contributed by atoms with Gasteiger partial charge in [0.1, 0.15) is 18.2 Å². The number of halogens is 4. The van der Waals surface area contributed by atoms with E-state index < -0.39 is 5.82 Å². The zero-order valence-corrected chi connectivity index (χ0v) is 13.4. The molecule has 1 N–H and O–H groups in total. The molecule has 2 nitrogen and oxygen atoms in total. The Morgan fingerprint density at radius 2 is 1.85 bits per heavy atom.